The van der Waals surface area contributed by atoms with E-state index in [0.717, 1.165) is 11.1 Å². The number of imidazole rings is 1. The van der Waals surface area contributed by atoms with Crippen LogP contribution < -0.4 is 0 Å². The highest BCUT2D eigenvalue weighted by atomic mass is 32.2. The van der Waals surface area contributed by atoms with Crippen molar-refractivity contribution >= 4 is 21.0 Å². The van der Waals surface area contributed by atoms with Crippen molar-refractivity contribution in [2.45, 2.75) is 19.1 Å². The summed E-state index contributed by atoms with van der Waals surface area (Å²) in [6, 6.07) is 1.86. The molecular weight excluding hydrogens is 226 g/mol. The summed E-state index contributed by atoms with van der Waals surface area (Å²) in [5.74, 6) is 0.444. The highest BCUT2D eigenvalue weighted by Crippen LogP contribution is 2.21. The van der Waals surface area contributed by atoms with E-state index in [1.165, 1.54) is 6.26 Å². The number of pyridine rings is 1. The fourth-order valence-corrected chi connectivity index (χ4v) is 1.97. The minimum atomic E-state index is -3.14. The number of hydrogen-bond acceptors (Lipinski definition) is 4. The van der Waals surface area contributed by atoms with Gasteiger partial charge in [-0.25, -0.2) is 18.4 Å². The van der Waals surface area contributed by atoms with Gasteiger partial charge in [0.05, 0.1) is 5.52 Å². The van der Waals surface area contributed by atoms with Gasteiger partial charge in [-0.1, -0.05) is 0 Å². The molecule has 0 aliphatic rings. The molecule has 1 unspecified atom stereocenters. The lowest BCUT2D eigenvalue weighted by Gasteiger charge is -2.04. The maximum Gasteiger partial charge on any atom is 0.177 e. The molecule has 0 bridgehead atoms. The Hall–Kier alpha value is -1.43. The second-order valence-electron chi connectivity index (χ2n) is 3.92. The first-order valence-corrected chi connectivity index (χ1v) is 6.85. The van der Waals surface area contributed by atoms with Gasteiger partial charge in [0, 0.05) is 12.5 Å². The number of hydrogen-bond donors (Lipinski definition) is 1. The van der Waals surface area contributed by atoms with Crippen LogP contribution in [0.5, 0.6) is 0 Å². The van der Waals surface area contributed by atoms with Crippen molar-refractivity contribution in [2.24, 2.45) is 0 Å². The Morgan fingerprint density at radius 1 is 1.44 bits per heavy atom. The van der Waals surface area contributed by atoms with E-state index in [4.69, 9.17) is 0 Å². The number of aromatic nitrogens is 3. The summed E-state index contributed by atoms with van der Waals surface area (Å²) in [6.45, 7) is 3.54. The predicted molar refractivity (Wildman–Crippen MR) is 61.9 cm³/mol. The van der Waals surface area contributed by atoms with E-state index >= 15 is 0 Å². The Kier molecular flexibility index (Phi) is 2.46. The largest absolute Gasteiger partial charge is 0.339 e. The number of rotatable bonds is 2. The summed E-state index contributed by atoms with van der Waals surface area (Å²) in [5, 5.41) is -0.638. The molecular formula is C10H13N3O2S. The molecule has 1 N–H and O–H groups in total. The second kappa shape index (κ2) is 3.55. The smallest absolute Gasteiger partial charge is 0.177 e. The molecule has 0 aliphatic carbocycles. The predicted octanol–water partition coefficient (Wildman–Crippen LogP) is 1.37. The number of sulfone groups is 1. The summed E-state index contributed by atoms with van der Waals surface area (Å²) >= 11 is 0. The van der Waals surface area contributed by atoms with Crippen LogP contribution in [0.2, 0.25) is 0 Å². The zero-order chi connectivity index (χ0) is 11.9. The van der Waals surface area contributed by atoms with Crippen LogP contribution in [0.4, 0.5) is 0 Å². The number of aryl methyl sites for hydroxylation is 1. The highest BCUT2D eigenvalue weighted by Gasteiger charge is 2.21. The third-order valence-electron chi connectivity index (χ3n) is 2.65. The average molecular weight is 239 g/mol. The molecule has 16 heavy (non-hydrogen) atoms. The number of H-pyrrole nitrogens is 1. The van der Waals surface area contributed by atoms with E-state index in [0.29, 0.717) is 11.5 Å². The maximum atomic E-state index is 11.4. The van der Waals surface area contributed by atoms with Gasteiger partial charge in [-0.05, 0) is 25.5 Å². The van der Waals surface area contributed by atoms with Crippen LogP contribution in [0.15, 0.2) is 12.3 Å². The van der Waals surface area contributed by atoms with Gasteiger partial charge in [0.2, 0.25) is 0 Å². The van der Waals surface area contributed by atoms with Gasteiger partial charge >= 0.3 is 0 Å². The standard InChI is InChI=1S/C10H13N3O2S/c1-6-4-5-11-10-8(6)12-9(13-10)7(2)16(3,14)15/h4-5,7H,1-3H3,(H,11,12,13). The zero-order valence-corrected chi connectivity index (χ0v) is 10.2. The minimum absolute atomic E-state index is 0.444. The van der Waals surface area contributed by atoms with Crippen LogP contribution in [0, 0.1) is 6.92 Å². The molecule has 0 spiro atoms. The van der Waals surface area contributed by atoms with Crippen molar-refractivity contribution in [3.05, 3.63) is 23.7 Å². The minimum Gasteiger partial charge on any atom is -0.339 e. The number of aromatic amines is 1. The van der Waals surface area contributed by atoms with E-state index in [9.17, 15) is 8.42 Å². The van der Waals surface area contributed by atoms with Gasteiger partial charge < -0.3 is 4.98 Å². The highest BCUT2D eigenvalue weighted by molar-refractivity contribution is 7.90. The third-order valence-corrected chi connectivity index (χ3v) is 4.15. The molecule has 0 radical (unpaired) electrons. The van der Waals surface area contributed by atoms with Gasteiger partial charge in [0.25, 0.3) is 0 Å². The van der Waals surface area contributed by atoms with E-state index in [2.05, 4.69) is 15.0 Å². The van der Waals surface area contributed by atoms with Crippen molar-refractivity contribution in [3.63, 3.8) is 0 Å². The van der Waals surface area contributed by atoms with Crippen molar-refractivity contribution in [1.82, 2.24) is 15.0 Å². The first-order valence-electron chi connectivity index (χ1n) is 4.89. The Morgan fingerprint density at radius 2 is 2.12 bits per heavy atom. The van der Waals surface area contributed by atoms with E-state index in [-0.39, 0.29) is 0 Å². The van der Waals surface area contributed by atoms with E-state index in [1.54, 1.807) is 13.1 Å². The van der Waals surface area contributed by atoms with Gasteiger partial charge in [0.1, 0.15) is 11.1 Å². The first-order chi connectivity index (χ1) is 7.39. The summed E-state index contributed by atoms with van der Waals surface area (Å²) in [6.07, 6.45) is 2.86. The summed E-state index contributed by atoms with van der Waals surface area (Å²) in [7, 11) is -3.14. The molecule has 5 nitrogen and oxygen atoms in total. The summed E-state index contributed by atoms with van der Waals surface area (Å²) in [5.41, 5.74) is 2.36. The fourth-order valence-electron chi connectivity index (χ4n) is 1.45. The van der Waals surface area contributed by atoms with Crippen molar-refractivity contribution in [1.29, 1.82) is 0 Å². The zero-order valence-electron chi connectivity index (χ0n) is 9.35. The molecule has 0 saturated heterocycles. The van der Waals surface area contributed by atoms with Gasteiger partial charge in [-0.15, -0.1) is 0 Å². The molecule has 86 valence electrons. The molecule has 2 rings (SSSR count). The van der Waals surface area contributed by atoms with Gasteiger partial charge in [-0.2, -0.15) is 0 Å². The molecule has 6 heteroatoms. The lowest BCUT2D eigenvalue weighted by atomic mass is 10.3. The van der Waals surface area contributed by atoms with Crippen LogP contribution >= 0.6 is 0 Å². The Bertz CT molecular complexity index is 631. The Balaban J connectivity index is 2.60. The summed E-state index contributed by atoms with van der Waals surface area (Å²) in [4.78, 5) is 11.3. The molecule has 0 aromatic carbocycles. The lowest BCUT2D eigenvalue weighted by Crippen LogP contribution is -2.09. The maximum absolute atomic E-state index is 11.4. The average Bonchev–Trinajstić information content (AvgIpc) is 2.60. The quantitative estimate of drug-likeness (QED) is 0.858. The van der Waals surface area contributed by atoms with Crippen molar-refractivity contribution in [2.75, 3.05) is 6.26 Å². The van der Waals surface area contributed by atoms with Crippen molar-refractivity contribution < 1.29 is 8.42 Å². The second-order valence-corrected chi connectivity index (χ2v) is 6.29. The van der Waals surface area contributed by atoms with Crippen LogP contribution in [0.1, 0.15) is 23.6 Å². The topological polar surface area (TPSA) is 75.7 Å². The van der Waals surface area contributed by atoms with Gasteiger partial charge in [-0.3, -0.25) is 0 Å². The molecule has 2 heterocycles. The Morgan fingerprint density at radius 3 is 2.69 bits per heavy atom. The lowest BCUT2D eigenvalue weighted by molar-refractivity contribution is 0.590. The van der Waals surface area contributed by atoms with E-state index < -0.39 is 15.1 Å². The molecule has 2 aromatic rings. The normalized spacial score (nSPS) is 14.2. The third kappa shape index (κ3) is 1.80. The van der Waals surface area contributed by atoms with Crippen LogP contribution in [0.3, 0.4) is 0 Å². The molecule has 0 fully saturated rings. The number of nitrogens with one attached hydrogen (secondary N) is 1. The molecule has 0 saturated carbocycles. The van der Waals surface area contributed by atoms with Crippen LogP contribution in [-0.2, 0) is 9.84 Å². The number of nitrogens with zero attached hydrogens (tertiary/aromatic N) is 2. The van der Waals surface area contributed by atoms with Gasteiger partial charge in [0.15, 0.2) is 15.5 Å². The van der Waals surface area contributed by atoms with Crippen molar-refractivity contribution in [3.8, 4) is 0 Å². The SMILES string of the molecule is Cc1ccnc2nc(C(C)S(C)(=O)=O)[nH]c12. The molecule has 2 aromatic heterocycles. The Labute approximate surface area is 93.8 Å². The monoisotopic (exact) mass is 239 g/mol. The molecule has 0 aliphatic heterocycles. The molecule has 0 amide bonds. The van der Waals surface area contributed by atoms with E-state index in [1.807, 2.05) is 13.0 Å². The summed E-state index contributed by atoms with van der Waals surface area (Å²) < 4.78 is 22.8. The molecule has 1 atom stereocenters. The van der Waals surface area contributed by atoms with Crippen LogP contribution in [-0.4, -0.2) is 29.6 Å². The fraction of sp³-hybridized carbons (Fsp3) is 0.400. The van der Waals surface area contributed by atoms with Crippen LogP contribution in [0.25, 0.3) is 11.2 Å². The first kappa shape index (κ1) is 11.1. The number of fused-ring (bicyclic) bond motifs is 1.